The maximum absolute atomic E-state index is 12.0. The van der Waals surface area contributed by atoms with E-state index in [1.54, 1.807) is 0 Å². The Labute approximate surface area is 305 Å². The highest BCUT2D eigenvalue weighted by molar-refractivity contribution is 5.19. The molecular formula is C46H82O3. The van der Waals surface area contributed by atoms with Crippen molar-refractivity contribution in [1.29, 1.82) is 0 Å². The van der Waals surface area contributed by atoms with Crippen molar-refractivity contribution in [2.75, 3.05) is 6.61 Å². The molecule has 3 heteroatoms. The fourth-order valence-electron chi connectivity index (χ4n) is 7.21. The molecule has 0 heterocycles. The highest BCUT2D eigenvalue weighted by Crippen LogP contribution is 2.36. The van der Waals surface area contributed by atoms with Gasteiger partial charge in [-0.3, -0.25) is 0 Å². The third kappa shape index (κ3) is 24.4. The number of unbranched alkanes of at least 4 members (excludes halogenated alkanes) is 24. The van der Waals surface area contributed by atoms with Gasteiger partial charge in [-0.2, -0.15) is 0 Å². The molecular weight excluding hydrogens is 601 g/mol. The summed E-state index contributed by atoms with van der Waals surface area (Å²) in [5.41, 5.74) is -1.79. The van der Waals surface area contributed by atoms with Gasteiger partial charge in [-0.15, -0.1) is 0 Å². The lowest BCUT2D eigenvalue weighted by atomic mass is 9.73. The van der Waals surface area contributed by atoms with Crippen LogP contribution >= 0.6 is 0 Å². The Morgan fingerprint density at radius 3 is 1.12 bits per heavy atom. The van der Waals surface area contributed by atoms with E-state index < -0.39 is 17.8 Å². The molecule has 0 aliphatic heterocycles. The zero-order chi connectivity index (χ0) is 35.6. The van der Waals surface area contributed by atoms with Gasteiger partial charge in [-0.05, 0) is 69.8 Å². The lowest BCUT2D eigenvalue weighted by Gasteiger charge is -2.43. The minimum atomic E-state index is -1.48. The molecule has 3 nitrogen and oxygen atoms in total. The maximum atomic E-state index is 12.0. The Balaban J connectivity index is 2.31. The first kappa shape index (κ1) is 45.6. The van der Waals surface area contributed by atoms with Crippen molar-refractivity contribution in [2.45, 2.75) is 224 Å². The zero-order valence-electron chi connectivity index (χ0n) is 32.7. The van der Waals surface area contributed by atoms with Gasteiger partial charge in [0.2, 0.25) is 0 Å². The van der Waals surface area contributed by atoms with Gasteiger partial charge in [0, 0.05) is 6.42 Å². The van der Waals surface area contributed by atoms with Gasteiger partial charge in [0.1, 0.15) is 5.60 Å². The van der Waals surface area contributed by atoms with Crippen molar-refractivity contribution in [1.82, 2.24) is 0 Å². The Kier molecular flexibility index (Phi) is 30.2. The molecule has 1 rings (SSSR count). The number of aliphatic hydroxyl groups excluding tert-OH is 1. The van der Waals surface area contributed by atoms with Crippen LogP contribution in [0.5, 0.6) is 0 Å². The first-order valence-corrected chi connectivity index (χ1v) is 21.4. The summed E-state index contributed by atoms with van der Waals surface area (Å²) in [5.74, 6) is 0. The van der Waals surface area contributed by atoms with E-state index in [-0.39, 0.29) is 0 Å². The molecule has 3 N–H and O–H groups in total. The first-order chi connectivity index (χ1) is 24.0. The van der Waals surface area contributed by atoms with Crippen molar-refractivity contribution in [2.24, 2.45) is 0 Å². The van der Waals surface area contributed by atoms with Gasteiger partial charge in [-0.25, -0.2) is 0 Å². The fourth-order valence-corrected chi connectivity index (χ4v) is 7.21. The predicted molar refractivity (Wildman–Crippen MR) is 215 cm³/mol. The molecule has 2 unspecified atom stereocenters. The van der Waals surface area contributed by atoms with Crippen LogP contribution in [0.25, 0.3) is 0 Å². The van der Waals surface area contributed by atoms with E-state index in [9.17, 15) is 15.3 Å². The first-order valence-electron chi connectivity index (χ1n) is 21.4. The van der Waals surface area contributed by atoms with Crippen LogP contribution in [0.2, 0.25) is 0 Å². The standard InChI is InChI=1S/C46H82O3/c1-3-5-7-9-11-13-15-17-19-21-23-25-27-29-31-36-40-45(48,42-44-38-34-33-35-39-44)46(49,43-47)41-37-32-30-28-26-24-22-20-18-16-14-12-10-8-6-4-2/h17-20,33-35,38-39,47-49H,3-16,21-32,36-37,40-43H2,1-2H3/b19-17-,20-18-. The third-order valence-corrected chi connectivity index (χ3v) is 10.7. The molecule has 0 saturated heterocycles. The number of hydrogen-bond acceptors (Lipinski definition) is 3. The molecule has 0 amide bonds. The van der Waals surface area contributed by atoms with Crippen molar-refractivity contribution in [3.8, 4) is 0 Å². The monoisotopic (exact) mass is 683 g/mol. The van der Waals surface area contributed by atoms with Crippen LogP contribution in [-0.4, -0.2) is 33.1 Å². The van der Waals surface area contributed by atoms with Crippen LogP contribution in [-0.2, 0) is 6.42 Å². The average Bonchev–Trinajstić information content (AvgIpc) is 3.11. The highest BCUT2D eigenvalue weighted by Gasteiger charge is 2.47. The molecule has 0 fully saturated rings. The SMILES string of the molecule is CCCCCCCC/C=C\CCCCCCCCC(O)(CO)C(O)(CCCCCCCC/C=C\CCCCCCCC)Cc1ccccc1. The maximum Gasteiger partial charge on any atom is 0.116 e. The van der Waals surface area contributed by atoms with E-state index in [0.29, 0.717) is 19.3 Å². The largest absolute Gasteiger partial charge is 0.393 e. The second-order valence-electron chi connectivity index (χ2n) is 15.3. The minimum Gasteiger partial charge on any atom is -0.393 e. The lowest BCUT2D eigenvalue weighted by molar-refractivity contribution is -0.180. The minimum absolute atomic E-state index is 0.377. The van der Waals surface area contributed by atoms with Gasteiger partial charge < -0.3 is 15.3 Å². The summed E-state index contributed by atoms with van der Waals surface area (Å²) in [6.07, 6.45) is 45.6. The van der Waals surface area contributed by atoms with Crippen LogP contribution in [0.4, 0.5) is 0 Å². The highest BCUT2D eigenvalue weighted by atomic mass is 16.4. The summed E-state index contributed by atoms with van der Waals surface area (Å²) in [7, 11) is 0. The molecule has 1 aromatic rings. The van der Waals surface area contributed by atoms with Crippen molar-refractivity contribution < 1.29 is 15.3 Å². The predicted octanol–water partition coefficient (Wildman–Crippen LogP) is 13.5. The Hall–Kier alpha value is -1.42. The number of benzene rings is 1. The normalized spacial score (nSPS) is 14.6. The molecule has 0 spiro atoms. The van der Waals surface area contributed by atoms with Crippen LogP contribution < -0.4 is 0 Å². The molecule has 2 atom stereocenters. The summed E-state index contributed by atoms with van der Waals surface area (Å²) in [6.45, 7) is 4.15. The van der Waals surface area contributed by atoms with E-state index in [1.165, 1.54) is 141 Å². The van der Waals surface area contributed by atoms with E-state index >= 15 is 0 Å². The summed E-state index contributed by atoms with van der Waals surface area (Å²) in [4.78, 5) is 0. The molecule has 0 bridgehead atoms. The van der Waals surface area contributed by atoms with Crippen LogP contribution in [0, 0.1) is 0 Å². The summed E-state index contributed by atoms with van der Waals surface area (Å²) >= 11 is 0. The van der Waals surface area contributed by atoms with Gasteiger partial charge >= 0.3 is 0 Å². The molecule has 49 heavy (non-hydrogen) atoms. The van der Waals surface area contributed by atoms with E-state index in [1.807, 2.05) is 30.3 Å². The summed E-state index contributed by atoms with van der Waals surface area (Å²) in [5, 5.41) is 34.2. The lowest BCUT2D eigenvalue weighted by Crippen LogP contribution is -2.58. The van der Waals surface area contributed by atoms with Crippen LogP contribution in [0.1, 0.15) is 212 Å². The van der Waals surface area contributed by atoms with Crippen molar-refractivity contribution in [3.63, 3.8) is 0 Å². The second kappa shape index (κ2) is 32.5. The van der Waals surface area contributed by atoms with Gasteiger partial charge in [0.25, 0.3) is 0 Å². The third-order valence-electron chi connectivity index (χ3n) is 10.7. The van der Waals surface area contributed by atoms with Gasteiger partial charge in [0.05, 0.1) is 12.2 Å². The van der Waals surface area contributed by atoms with Crippen LogP contribution in [0.3, 0.4) is 0 Å². The summed E-state index contributed by atoms with van der Waals surface area (Å²) in [6, 6.07) is 10.0. The fraction of sp³-hybridized carbons (Fsp3) is 0.783. The Morgan fingerprint density at radius 2 is 0.755 bits per heavy atom. The van der Waals surface area contributed by atoms with Crippen LogP contribution in [0.15, 0.2) is 54.6 Å². The molecule has 0 radical (unpaired) electrons. The Morgan fingerprint density at radius 1 is 0.429 bits per heavy atom. The molecule has 0 aromatic heterocycles. The molecule has 0 aliphatic rings. The number of rotatable bonds is 36. The van der Waals surface area contributed by atoms with E-state index in [4.69, 9.17) is 0 Å². The van der Waals surface area contributed by atoms with E-state index in [0.717, 1.165) is 44.1 Å². The molecule has 0 saturated carbocycles. The smallest absolute Gasteiger partial charge is 0.116 e. The molecule has 0 aliphatic carbocycles. The quantitative estimate of drug-likeness (QED) is 0.0488. The van der Waals surface area contributed by atoms with Gasteiger partial charge in [0.15, 0.2) is 0 Å². The number of allylic oxidation sites excluding steroid dienone is 4. The number of aliphatic hydroxyl groups is 3. The molecule has 1 aromatic carbocycles. The topological polar surface area (TPSA) is 60.7 Å². The Bertz CT molecular complexity index is 880. The second-order valence-corrected chi connectivity index (χ2v) is 15.3. The van der Waals surface area contributed by atoms with E-state index in [2.05, 4.69) is 38.2 Å². The average molecular weight is 683 g/mol. The van der Waals surface area contributed by atoms with Gasteiger partial charge in [-0.1, -0.05) is 197 Å². The molecule has 284 valence electrons. The zero-order valence-corrected chi connectivity index (χ0v) is 32.7. The summed E-state index contributed by atoms with van der Waals surface area (Å²) < 4.78 is 0. The van der Waals surface area contributed by atoms with Crippen molar-refractivity contribution >= 4 is 0 Å². The number of hydrogen-bond donors (Lipinski definition) is 3. The van der Waals surface area contributed by atoms with Crippen molar-refractivity contribution in [3.05, 3.63) is 60.2 Å².